The second-order valence-electron chi connectivity index (χ2n) is 8.24. The minimum atomic E-state index is -1.61. The summed E-state index contributed by atoms with van der Waals surface area (Å²) in [6, 6.07) is -4.95. The van der Waals surface area contributed by atoms with Gasteiger partial charge in [-0.1, -0.05) is 27.7 Å². The lowest BCUT2D eigenvalue weighted by atomic mass is 10.0. The van der Waals surface area contributed by atoms with Crippen LogP contribution in [0.15, 0.2) is 0 Å². The van der Waals surface area contributed by atoms with E-state index < -0.39 is 66.8 Å². The third kappa shape index (κ3) is 11.3. The van der Waals surface area contributed by atoms with E-state index in [1.807, 2.05) is 33.0 Å². The molecule has 0 aromatic rings. The van der Waals surface area contributed by atoms with Crippen LogP contribution in [0.2, 0.25) is 0 Å². The summed E-state index contributed by atoms with van der Waals surface area (Å²) in [6.45, 7) is 6.63. The summed E-state index contributed by atoms with van der Waals surface area (Å²) < 4.78 is 0. The van der Waals surface area contributed by atoms with Crippen molar-refractivity contribution in [3.05, 3.63) is 0 Å². The van der Waals surface area contributed by atoms with E-state index in [4.69, 9.17) is 16.6 Å². The number of aliphatic carboxylic acids is 1. The molecule has 0 saturated carbocycles. The van der Waals surface area contributed by atoms with Crippen LogP contribution in [0.25, 0.3) is 0 Å². The highest BCUT2D eigenvalue weighted by Crippen LogP contribution is 2.08. The molecular formula is C19H35N5O7. The van der Waals surface area contributed by atoms with Crippen LogP contribution < -0.4 is 27.4 Å². The summed E-state index contributed by atoms with van der Waals surface area (Å²) in [5.41, 5.74) is 10.8. The van der Waals surface area contributed by atoms with Gasteiger partial charge in [-0.2, -0.15) is 0 Å². The maximum absolute atomic E-state index is 12.7. The summed E-state index contributed by atoms with van der Waals surface area (Å²) >= 11 is 0. The molecule has 0 aliphatic heterocycles. The number of primary amides is 1. The van der Waals surface area contributed by atoms with Crippen LogP contribution >= 0.6 is 0 Å². The minimum absolute atomic E-state index is 0.00531. The number of nitrogens with two attached hydrogens (primary N) is 2. The summed E-state index contributed by atoms with van der Waals surface area (Å²) in [5.74, 6) is -4.56. The van der Waals surface area contributed by atoms with Crippen molar-refractivity contribution in [3.8, 4) is 0 Å². The van der Waals surface area contributed by atoms with Crippen molar-refractivity contribution in [1.82, 2.24) is 16.0 Å². The predicted octanol–water partition coefficient (Wildman–Crippen LogP) is -2.19. The molecular weight excluding hydrogens is 410 g/mol. The lowest BCUT2D eigenvalue weighted by molar-refractivity contribution is -0.144. The number of amides is 4. The molecule has 0 aliphatic carbocycles. The molecule has 0 saturated heterocycles. The smallest absolute Gasteiger partial charge is 0.326 e. The fourth-order valence-corrected chi connectivity index (χ4v) is 2.74. The topological polar surface area (TPSA) is 214 Å². The zero-order chi connectivity index (χ0) is 24.3. The van der Waals surface area contributed by atoms with Gasteiger partial charge in [0.2, 0.25) is 23.6 Å². The van der Waals surface area contributed by atoms with Crippen LogP contribution in [0.4, 0.5) is 0 Å². The first-order valence-electron chi connectivity index (χ1n) is 10.1. The van der Waals surface area contributed by atoms with Crippen LogP contribution in [0, 0.1) is 11.8 Å². The lowest BCUT2D eigenvalue weighted by Gasteiger charge is -2.25. The van der Waals surface area contributed by atoms with E-state index in [1.54, 1.807) is 0 Å². The number of hydrogen-bond donors (Lipinski definition) is 7. The summed E-state index contributed by atoms with van der Waals surface area (Å²) in [4.78, 5) is 59.4. The fraction of sp³-hybridized carbons (Fsp3) is 0.737. The number of carboxylic acid groups (broad SMARTS) is 1. The first kappa shape index (κ1) is 28.3. The van der Waals surface area contributed by atoms with E-state index in [0.717, 1.165) is 0 Å². The third-order valence-corrected chi connectivity index (χ3v) is 4.24. The summed E-state index contributed by atoms with van der Waals surface area (Å²) in [5, 5.41) is 25.5. The lowest BCUT2D eigenvalue weighted by Crippen LogP contribution is -2.58. The van der Waals surface area contributed by atoms with Gasteiger partial charge in [0.05, 0.1) is 19.1 Å². The van der Waals surface area contributed by atoms with Gasteiger partial charge in [-0.25, -0.2) is 4.79 Å². The third-order valence-electron chi connectivity index (χ3n) is 4.24. The average molecular weight is 446 g/mol. The second-order valence-corrected chi connectivity index (χ2v) is 8.24. The highest BCUT2D eigenvalue weighted by molar-refractivity contribution is 5.94. The Morgan fingerprint density at radius 1 is 0.774 bits per heavy atom. The van der Waals surface area contributed by atoms with Crippen LogP contribution in [0.3, 0.4) is 0 Å². The molecule has 4 amide bonds. The molecule has 0 rings (SSSR count). The Balaban J connectivity index is 5.25. The molecule has 4 atom stereocenters. The Morgan fingerprint density at radius 2 is 1.23 bits per heavy atom. The van der Waals surface area contributed by atoms with E-state index in [9.17, 15) is 29.1 Å². The largest absolute Gasteiger partial charge is 0.480 e. The molecule has 12 nitrogen and oxygen atoms in total. The Morgan fingerprint density at radius 3 is 1.65 bits per heavy atom. The Kier molecular flexibility index (Phi) is 12.4. The van der Waals surface area contributed by atoms with Gasteiger partial charge in [-0.15, -0.1) is 0 Å². The molecule has 0 aromatic heterocycles. The minimum Gasteiger partial charge on any atom is -0.480 e. The quantitative estimate of drug-likeness (QED) is 0.155. The summed E-state index contributed by atoms with van der Waals surface area (Å²) in [7, 11) is 0. The van der Waals surface area contributed by atoms with E-state index in [-0.39, 0.29) is 18.3 Å². The van der Waals surface area contributed by atoms with E-state index in [0.29, 0.717) is 6.42 Å². The normalized spacial score (nSPS) is 15.0. The second kappa shape index (κ2) is 13.5. The van der Waals surface area contributed by atoms with E-state index in [2.05, 4.69) is 10.6 Å². The SMILES string of the molecule is CC(C)CC(N)C(=O)NC(CC(C)C)C(=O)NC(CO)C(=O)NC(CC(N)=O)C(=O)O. The molecule has 12 heteroatoms. The molecule has 9 N–H and O–H groups in total. The molecule has 0 spiro atoms. The average Bonchev–Trinajstić information content (AvgIpc) is 2.63. The Labute approximate surface area is 181 Å². The van der Waals surface area contributed by atoms with Gasteiger partial charge in [0.15, 0.2) is 0 Å². The van der Waals surface area contributed by atoms with Crippen LogP contribution in [0.5, 0.6) is 0 Å². The van der Waals surface area contributed by atoms with Crippen LogP contribution in [-0.4, -0.2) is 70.6 Å². The number of hydrogen-bond acceptors (Lipinski definition) is 7. The van der Waals surface area contributed by atoms with Crippen molar-refractivity contribution >= 4 is 29.6 Å². The zero-order valence-electron chi connectivity index (χ0n) is 18.4. The monoisotopic (exact) mass is 445 g/mol. The maximum Gasteiger partial charge on any atom is 0.326 e. The highest BCUT2D eigenvalue weighted by atomic mass is 16.4. The van der Waals surface area contributed by atoms with Gasteiger partial charge >= 0.3 is 5.97 Å². The van der Waals surface area contributed by atoms with Gasteiger partial charge in [0, 0.05) is 0 Å². The standard InChI is InChI=1S/C19H35N5O7/c1-9(2)5-11(20)16(27)22-12(6-10(3)4)17(28)24-14(8-25)18(29)23-13(19(30)31)7-15(21)26/h9-14,25H,5-8,20H2,1-4H3,(H2,21,26)(H,22,27)(H,23,29)(H,24,28)(H,30,31). The van der Waals surface area contributed by atoms with Crippen LogP contribution in [-0.2, 0) is 24.0 Å². The summed E-state index contributed by atoms with van der Waals surface area (Å²) in [6.07, 6.45) is -0.00192. The Hall–Kier alpha value is -2.73. The van der Waals surface area contributed by atoms with Crippen LogP contribution in [0.1, 0.15) is 47.0 Å². The Bertz CT molecular complexity index is 654. The number of carbonyl (C=O) groups is 5. The first-order chi connectivity index (χ1) is 14.3. The van der Waals surface area contributed by atoms with Gasteiger partial charge in [-0.05, 0) is 24.7 Å². The highest BCUT2D eigenvalue weighted by Gasteiger charge is 2.31. The molecule has 0 heterocycles. The number of carboxylic acids is 1. The van der Waals surface area contributed by atoms with Gasteiger partial charge in [-0.3, -0.25) is 19.2 Å². The van der Waals surface area contributed by atoms with E-state index >= 15 is 0 Å². The zero-order valence-corrected chi connectivity index (χ0v) is 18.4. The molecule has 0 bridgehead atoms. The molecule has 0 aliphatic rings. The van der Waals surface area contributed by atoms with Crippen molar-refractivity contribution in [1.29, 1.82) is 0 Å². The van der Waals surface area contributed by atoms with Crippen molar-refractivity contribution in [2.24, 2.45) is 23.3 Å². The number of nitrogens with one attached hydrogen (secondary N) is 3. The number of rotatable bonds is 14. The predicted molar refractivity (Wildman–Crippen MR) is 111 cm³/mol. The molecule has 31 heavy (non-hydrogen) atoms. The van der Waals surface area contributed by atoms with Crippen molar-refractivity contribution in [2.45, 2.75) is 71.1 Å². The van der Waals surface area contributed by atoms with Gasteiger partial charge < -0.3 is 37.6 Å². The van der Waals surface area contributed by atoms with Gasteiger partial charge in [0.25, 0.3) is 0 Å². The number of aliphatic hydroxyl groups excluding tert-OH is 1. The van der Waals surface area contributed by atoms with E-state index in [1.165, 1.54) is 0 Å². The fourth-order valence-electron chi connectivity index (χ4n) is 2.74. The van der Waals surface area contributed by atoms with Gasteiger partial charge in [0.1, 0.15) is 18.1 Å². The molecule has 0 aromatic carbocycles. The van der Waals surface area contributed by atoms with Crippen molar-refractivity contribution in [3.63, 3.8) is 0 Å². The number of carbonyl (C=O) groups excluding carboxylic acids is 4. The molecule has 178 valence electrons. The first-order valence-corrected chi connectivity index (χ1v) is 10.1. The molecule has 4 unspecified atom stereocenters. The van der Waals surface area contributed by atoms with Crippen molar-refractivity contribution < 1.29 is 34.2 Å². The van der Waals surface area contributed by atoms with Crippen molar-refractivity contribution in [2.75, 3.05) is 6.61 Å². The molecule has 0 radical (unpaired) electrons. The number of aliphatic hydroxyl groups is 1. The molecule has 0 fully saturated rings. The maximum atomic E-state index is 12.7.